The molecule has 6 nitrogen and oxygen atoms in total. The van der Waals surface area contributed by atoms with Crippen molar-refractivity contribution in [3.63, 3.8) is 0 Å². The van der Waals surface area contributed by atoms with Gasteiger partial charge >= 0.3 is 5.69 Å². The summed E-state index contributed by atoms with van der Waals surface area (Å²) in [6.45, 7) is 7.05. The van der Waals surface area contributed by atoms with E-state index in [-0.39, 0.29) is 12.4 Å². The van der Waals surface area contributed by atoms with Crippen molar-refractivity contribution in [2.45, 2.75) is 6.54 Å². The fraction of sp³-hybridized carbons (Fsp3) is 0.154. The second-order valence-electron chi connectivity index (χ2n) is 4.01. The average Bonchev–Trinajstić information content (AvgIpc) is 2.41. The monoisotopic (exact) mass is 257 g/mol. The lowest BCUT2D eigenvalue weighted by Crippen LogP contribution is -2.38. The van der Waals surface area contributed by atoms with Gasteiger partial charge in [-0.15, -0.1) is 0 Å². The zero-order chi connectivity index (χ0) is 14.0. The summed E-state index contributed by atoms with van der Waals surface area (Å²) in [6, 6.07) is 7.74. The first kappa shape index (κ1) is 12.6. The minimum Gasteiger partial charge on any atom is -0.494 e. The number of nitrogens with zero attached hydrogens (tertiary/aromatic N) is 3. The predicted molar refractivity (Wildman–Crippen MR) is 69.4 cm³/mol. The van der Waals surface area contributed by atoms with E-state index < -0.39 is 11.2 Å². The molecule has 0 atom stereocenters. The zero-order valence-corrected chi connectivity index (χ0v) is 10.2. The molecular formula is C13H11N3O3. The first-order valence-corrected chi connectivity index (χ1v) is 5.50. The minimum absolute atomic E-state index is 0.00431. The van der Waals surface area contributed by atoms with Crippen molar-refractivity contribution in [2.75, 3.05) is 0 Å². The Morgan fingerprint density at radius 2 is 2.00 bits per heavy atom. The van der Waals surface area contributed by atoms with Gasteiger partial charge in [-0.1, -0.05) is 24.3 Å². The van der Waals surface area contributed by atoms with E-state index in [1.165, 1.54) is 7.05 Å². The van der Waals surface area contributed by atoms with Gasteiger partial charge in [0.2, 0.25) is 0 Å². The molecule has 1 N–H and O–H groups in total. The maximum Gasteiger partial charge on any atom is 0.333 e. The average molecular weight is 257 g/mol. The molecule has 0 fully saturated rings. The van der Waals surface area contributed by atoms with Crippen LogP contribution in [0.15, 0.2) is 39.9 Å². The van der Waals surface area contributed by atoms with Crippen LogP contribution < -0.4 is 11.2 Å². The van der Waals surface area contributed by atoms with Gasteiger partial charge in [-0.05, 0) is 5.56 Å². The van der Waals surface area contributed by atoms with E-state index in [2.05, 4.69) is 4.85 Å². The minimum atomic E-state index is -0.621. The number of rotatable bonds is 2. The van der Waals surface area contributed by atoms with E-state index >= 15 is 0 Å². The Morgan fingerprint density at radius 1 is 1.32 bits per heavy atom. The summed E-state index contributed by atoms with van der Waals surface area (Å²) in [5.41, 5.74) is -0.239. The normalized spacial score (nSPS) is 10.1. The molecule has 0 unspecified atom stereocenters. The fourth-order valence-electron chi connectivity index (χ4n) is 1.73. The van der Waals surface area contributed by atoms with Gasteiger partial charge in [-0.3, -0.25) is 13.9 Å². The second-order valence-corrected chi connectivity index (χ2v) is 4.01. The standard InChI is InChI=1S/C13H11N3O3/c1-14-10-6-4-3-5-9(10)8-16-12(18)7-11(17)15(2)13(16)19/h3-7,17H,8H2,2H3. The molecule has 0 bridgehead atoms. The smallest absolute Gasteiger partial charge is 0.333 e. The molecule has 1 aromatic heterocycles. The van der Waals surface area contributed by atoms with Crippen LogP contribution in [0.1, 0.15) is 5.56 Å². The van der Waals surface area contributed by atoms with Crippen molar-refractivity contribution in [3.05, 3.63) is 68.2 Å². The molecule has 1 aromatic carbocycles. The summed E-state index contributed by atoms with van der Waals surface area (Å²) in [4.78, 5) is 27.0. The number of aromatic hydroxyl groups is 1. The van der Waals surface area contributed by atoms with E-state index in [1.807, 2.05) is 0 Å². The van der Waals surface area contributed by atoms with Crippen molar-refractivity contribution in [3.8, 4) is 5.88 Å². The van der Waals surface area contributed by atoms with Gasteiger partial charge in [-0.25, -0.2) is 9.64 Å². The maximum absolute atomic E-state index is 11.9. The topological polar surface area (TPSA) is 68.6 Å². The highest BCUT2D eigenvalue weighted by atomic mass is 16.3. The predicted octanol–water partition coefficient (Wildman–Crippen LogP) is 0.852. The van der Waals surface area contributed by atoms with E-state index in [4.69, 9.17) is 6.57 Å². The van der Waals surface area contributed by atoms with E-state index in [1.54, 1.807) is 24.3 Å². The summed E-state index contributed by atoms with van der Waals surface area (Å²) in [5.74, 6) is -0.385. The molecular weight excluding hydrogens is 246 g/mol. The summed E-state index contributed by atoms with van der Waals surface area (Å²) >= 11 is 0. The van der Waals surface area contributed by atoms with Crippen LogP contribution in [0.4, 0.5) is 5.69 Å². The van der Waals surface area contributed by atoms with Crippen LogP contribution in [0.5, 0.6) is 5.88 Å². The molecule has 2 aromatic rings. The molecule has 1 heterocycles. The van der Waals surface area contributed by atoms with Crippen molar-refractivity contribution in [2.24, 2.45) is 7.05 Å². The third kappa shape index (κ3) is 2.26. The molecule has 0 aliphatic heterocycles. The maximum atomic E-state index is 11.9. The molecule has 0 saturated carbocycles. The third-order valence-electron chi connectivity index (χ3n) is 2.82. The fourth-order valence-corrected chi connectivity index (χ4v) is 1.73. The van der Waals surface area contributed by atoms with Crippen LogP contribution in [-0.4, -0.2) is 14.2 Å². The van der Waals surface area contributed by atoms with Crippen LogP contribution >= 0.6 is 0 Å². The Bertz CT molecular complexity index is 781. The number of para-hydroxylation sites is 1. The molecule has 0 radical (unpaired) electrons. The van der Waals surface area contributed by atoms with Crippen molar-refractivity contribution < 1.29 is 5.11 Å². The van der Waals surface area contributed by atoms with Crippen LogP contribution in [0.25, 0.3) is 4.85 Å². The van der Waals surface area contributed by atoms with Gasteiger partial charge in [-0.2, -0.15) is 0 Å². The van der Waals surface area contributed by atoms with Crippen molar-refractivity contribution in [1.82, 2.24) is 9.13 Å². The Balaban J connectivity index is 2.57. The molecule has 0 aliphatic carbocycles. The largest absolute Gasteiger partial charge is 0.494 e. The van der Waals surface area contributed by atoms with Gasteiger partial charge in [0.05, 0.1) is 12.6 Å². The molecule has 0 spiro atoms. The highest BCUT2D eigenvalue weighted by Gasteiger charge is 2.10. The summed E-state index contributed by atoms with van der Waals surface area (Å²) in [5, 5.41) is 9.37. The second kappa shape index (κ2) is 4.82. The quantitative estimate of drug-likeness (QED) is 0.811. The van der Waals surface area contributed by atoms with Gasteiger partial charge in [0.15, 0.2) is 11.6 Å². The van der Waals surface area contributed by atoms with Crippen LogP contribution in [0, 0.1) is 6.57 Å². The Morgan fingerprint density at radius 3 is 2.68 bits per heavy atom. The third-order valence-corrected chi connectivity index (χ3v) is 2.82. The highest BCUT2D eigenvalue weighted by Crippen LogP contribution is 2.18. The van der Waals surface area contributed by atoms with Gasteiger partial charge in [0.25, 0.3) is 5.56 Å². The van der Waals surface area contributed by atoms with Crippen molar-refractivity contribution >= 4 is 5.69 Å². The van der Waals surface area contributed by atoms with E-state index in [0.717, 1.165) is 15.2 Å². The Labute approximate surface area is 108 Å². The molecule has 0 amide bonds. The number of benzene rings is 1. The SMILES string of the molecule is [C-]#[N+]c1ccccc1Cn1c(=O)cc(O)n(C)c1=O. The van der Waals surface area contributed by atoms with Gasteiger partial charge < -0.3 is 5.11 Å². The summed E-state index contributed by atoms with van der Waals surface area (Å²) < 4.78 is 1.95. The molecule has 0 saturated heterocycles. The molecule has 6 heteroatoms. The number of hydrogen-bond acceptors (Lipinski definition) is 3. The lowest BCUT2D eigenvalue weighted by molar-refractivity contribution is 0.409. The van der Waals surface area contributed by atoms with Crippen LogP contribution in [0.3, 0.4) is 0 Å². The highest BCUT2D eigenvalue weighted by molar-refractivity contribution is 5.51. The molecule has 19 heavy (non-hydrogen) atoms. The Kier molecular flexibility index (Phi) is 3.21. The van der Waals surface area contributed by atoms with E-state index in [9.17, 15) is 14.7 Å². The van der Waals surface area contributed by atoms with E-state index in [0.29, 0.717) is 11.3 Å². The zero-order valence-electron chi connectivity index (χ0n) is 10.2. The molecule has 96 valence electrons. The Hall–Kier alpha value is -2.81. The first-order chi connectivity index (χ1) is 9.04. The summed E-state index contributed by atoms with van der Waals surface area (Å²) in [6.07, 6.45) is 0. The van der Waals surface area contributed by atoms with Gasteiger partial charge in [0.1, 0.15) is 0 Å². The van der Waals surface area contributed by atoms with Crippen LogP contribution in [-0.2, 0) is 13.6 Å². The number of aromatic nitrogens is 2. The van der Waals surface area contributed by atoms with Gasteiger partial charge in [0, 0.05) is 13.6 Å². The molecule has 0 aliphatic rings. The number of hydrogen-bond donors (Lipinski definition) is 1. The first-order valence-electron chi connectivity index (χ1n) is 5.50. The lowest BCUT2D eigenvalue weighted by Gasteiger charge is -2.09. The molecule has 2 rings (SSSR count). The van der Waals surface area contributed by atoms with Crippen molar-refractivity contribution in [1.29, 1.82) is 0 Å². The summed E-state index contributed by atoms with van der Waals surface area (Å²) in [7, 11) is 1.37. The van der Waals surface area contributed by atoms with Crippen LogP contribution in [0.2, 0.25) is 0 Å². The lowest BCUT2D eigenvalue weighted by atomic mass is 10.2.